The molecule has 0 saturated heterocycles. The van der Waals surface area contributed by atoms with Gasteiger partial charge in [-0.05, 0) is 54.9 Å². The van der Waals surface area contributed by atoms with Gasteiger partial charge in [0, 0.05) is 12.6 Å². The summed E-state index contributed by atoms with van der Waals surface area (Å²) in [5.41, 5.74) is 1.82. The molecule has 7 heteroatoms. The first-order chi connectivity index (χ1) is 13.2. The van der Waals surface area contributed by atoms with Crippen LogP contribution in [0.2, 0.25) is 0 Å². The monoisotopic (exact) mass is 384 g/mol. The number of rotatable bonds is 7. The van der Waals surface area contributed by atoms with Gasteiger partial charge in [0.15, 0.2) is 0 Å². The van der Waals surface area contributed by atoms with Gasteiger partial charge in [-0.15, -0.1) is 0 Å². The van der Waals surface area contributed by atoms with Gasteiger partial charge in [0.2, 0.25) is 4.77 Å². The zero-order valence-corrected chi connectivity index (χ0v) is 15.9. The minimum Gasteiger partial charge on any atom is -0.495 e. The fraction of sp³-hybridized carbons (Fsp3) is 0.300. The molecule has 0 bridgehead atoms. The normalized spacial score (nSPS) is 13.9. The van der Waals surface area contributed by atoms with E-state index >= 15 is 0 Å². The number of hydrogen-bond acceptors (Lipinski definition) is 4. The van der Waals surface area contributed by atoms with Crippen molar-refractivity contribution in [1.29, 1.82) is 0 Å². The lowest BCUT2D eigenvalue weighted by Crippen LogP contribution is -2.29. The molecule has 5 nitrogen and oxygen atoms in total. The fourth-order valence-corrected chi connectivity index (χ4v) is 3.45. The summed E-state index contributed by atoms with van der Waals surface area (Å²) >= 11 is 5.65. The number of benzene rings is 2. The maximum atomic E-state index is 13.5. The number of halogens is 1. The topological polar surface area (TPSA) is 35.2 Å². The molecule has 3 aromatic rings. The molecule has 0 aliphatic heterocycles. The Hall–Kier alpha value is -2.51. The van der Waals surface area contributed by atoms with Crippen molar-refractivity contribution in [3.05, 3.63) is 71.0 Å². The van der Waals surface area contributed by atoms with E-state index < -0.39 is 0 Å². The summed E-state index contributed by atoms with van der Waals surface area (Å²) < 4.78 is 23.2. The second-order valence-corrected chi connectivity index (χ2v) is 7.07. The maximum absolute atomic E-state index is 13.5. The highest BCUT2D eigenvalue weighted by Gasteiger charge is 2.29. The third kappa shape index (κ3) is 3.94. The Balaban J connectivity index is 1.58. The largest absolute Gasteiger partial charge is 0.495 e. The SMILES string of the molecule is COc1ccccc1-n1cnn(CN(Cc2cccc(F)c2)C2CC2)c1=S. The van der Waals surface area contributed by atoms with Crippen molar-refractivity contribution in [2.75, 3.05) is 7.11 Å². The lowest BCUT2D eigenvalue weighted by molar-refractivity contribution is 0.186. The van der Waals surface area contributed by atoms with E-state index in [0.29, 0.717) is 24.0 Å². The van der Waals surface area contributed by atoms with E-state index in [1.165, 1.54) is 6.07 Å². The second kappa shape index (κ2) is 7.62. The van der Waals surface area contributed by atoms with Crippen LogP contribution in [0.5, 0.6) is 5.75 Å². The molecule has 140 valence electrons. The molecule has 0 unspecified atom stereocenters. The molecule has 1 fully saturated rings. The average Bonchev–Trinajstić information content (AvgIpc) is 3.46. The van der Waals surface area contributed by atoms with E-state index in [1.54, 1.807) is 30.3 Å². The van der Waals surface area contributed by atoms with Gasteiger partial charge in [-0.2, -0.15) is 5.10 Å². The Kier molecular flexibility index (Phi) is 5.05. The van der Waals surface area contributed by atoms with Crippen LogP contribution in [0.1, 0.15) is 18.4 Å². The lowest BCUT2D eigenvalue weighted by atomic mass is 10.2. The van der Waals surface area contributed by atoms with Gasteiger partial charge in [-0.25, -0.2) is 9.07 Å². The van der Waals surface area contributed by atoms with Crippen LogP contribution in [0, 0.1) is 10.6 Å². The summed E-state index contributed by atoms with van der Waals surface area (Å²) in [6.45, 7) is 1.24. The van der Waals surface area contributed by atoms with Crippen LogP contribution in [-0.4, -0.2) is 32.4 Å². The van der Waals surface area contributed by atoms with E-state index in [2.05, 4.69) is 10.00 Å². The molecule has 2 aromatic carbocycles. The molecule has 0 amide bonds. The molecule has 0 radical (unpaired) electrons. The number of methoxy groups -OCH3 is 1. The summed E-state index contributed by atoms with van der Waals surface area (Å²) in [5.74, 6) is 0.535. The second-order valence-electron chi connectivity index (χ2n) is 6.70. The minimum atomic E-state index is -0.208. The summed E-state index contributed by atoms with van der Waals surface area (Å²) in [5, 5.41) is 4.48. The summed E-state index contributed by atoms with van der Waals surface area (Å²) in [7, 11) is 1.64. The van der Waals surface area contributed by atoms with E-state index in [0.717, 1.165) is 29.8 Å². The van der Waals surface area contributed by atoms with E-state index in [-0.39, 0.29) is 5.82 Å². The van der Waals surface area contributed by atoms with E-state index in [4.69, 9.17) is 17.0 Å². The molecule has 0 spiro atoms. The van der Waals surface area contributed by atoms with Gasteiger partial charge in [0.25, 0.3) is 0 Å². The molecule has 1 heterocycles. The highest BCUT2D eigenvalue weighted by molar-refractivity contribution is 7.71. The van der Waals surface area contributed by atoms with Crippen molar-refractivity contribution in [3.8, 4) is 11.4 Å². The first-order valence-electron chi connectivity index (χ1n) is 8.92. The predicted octanol–water partition coefficient (Wildman–Crippen LogP) is 4.17. The average molecular weight is 384 g/mol. The standard InChI is InChI=1S/C20H21FN4OS/c1-26-19-8-3-2-7-18(19)24-13-22-25(20(24)27)14-23(17-9-10-17)12-15-5-4-6-16(21)11-15/h2-8,11,13,17H,9-10,12,14H2,1H3. The fourth-order valence-electron chi connectivity index (χ4n) is 3.20. The van der Waals surface area contributed by atoms with Crippen molar-refractivity contribution >= 4 is 12.2 Å². The zero-order valence-electron chi connectivity index (χ0n) is 15.1. The molecular formula is C20H21FN4OS. The minimum absolute atomic E-state index is 0.208. The number of aromatic nitrogens is 3. The molecule has 1 aliphatic carbocycles. The van der Waals surface area contributed by atoms with Crippen LogP contribution < -0.4 is 4.74 Å². The summed E-state index contributed by atoms with van der Waals surface area (Å²) in [4.78, 5) is 2.30. The molecule has 4 rings (SSSR count). The van der Waals surface area contributed by atoms with Crippen LogP contribution in [-0.2, 0) is 13.2 Å². The number of hydrogen-bond donors (Lipinski definition) is 0. The molecule has 1 saturated carbocycles. The number of para-hydroxylation sites is 2. The van der Waals surface area contributed by atoms with Crippen LogP contribution in [0.3, 0.4) is 0 Å². The van der Waals surface area contributed by atoms with Gasteiger partial charge in [0.05, 0.1) is 19.5 Å². The zero-order chi connectivity index (χ0) is 18.8. The first-order valence-corrected chi connectivity index (χ1v) is 9.33. The highest BCUT2D eigenvalue weighted by Crippen LogP contribution is 2.29. The van der Waals surface area contributed by atoms with Crippen LogP contribution >= 0.6 is 12.2 Å². The summed E-state index contributed by atoms with van der Waals surface area (Å²) in [6, 6.07) is 15.0. The van der Waals surface area contributed by atoms with E-state index in [1.807, 2.05) is 34.9 Å². The number of nitrogens with zero attached hydrogens (tertiary/aromatic N) is 4. The lowest BCUT2D eigenvalue weighted by Gasteiger charge is -2.21. The quantitative estimate of drug-likeness (QED) is 0.573. The third-order valence-electron chi connectivity index (χ3n) is 4.73. The van der Waals surface area contributed by atoms with Crippen molar-refractivity contribution < 1.29 is 9.13 Å². The Morgan fingerprint density at radius 3 is 2.78 bits per heavy atom. The van der Waals surface area contributed by atoms with E-state index in [9.17, 15) is 4.39 Å². The Morgan fingerprint density at radius 1 is 1.22 bits per heavy atom. The first kappa shape index (κ1) is 17.9. The van der Waals surface area contributed by atoms with Crippen molar-refractivity contribution in [1.82, 2.24) is 19.2 Å². The van der Waals surface area contributed by atoms with Gasteiger partial charge < -0.3 is 4.74 Å². The van der Waals surface area contributed by atoms with Gasteiger partial charge in [-0.3, -0.25) is 9.47 Å². The van der Waals surface area contributed by atoms with Crippen LogP contribution in [0.4, 0.5) is 4.39 Å². The summed E-state index contributed by atoms with van der Waals surface area (Å²) in [6.07, 6.45) is 4.01. The number of ether oxygens (including phenoxy) is 1. The van der Waals surface area contributed by atoms with Crippen LogP contribution in [0.15, 0.2) is 54.9 Å². The Labute approximate surface area is 162 Å². The Bertz CT molecular complexity index is 995. The predicted molar refractivity (Wildman–Crippen MR) is 104 cm³/mol. The van der Waals surface area contributed by atoms with Gasteiger partial charge in [0.1, 0.15) is 17.9 Å². The molecule has 0 atom stereocenters. The molecular weight excluding hydrogens is 363 g/mol. The Morgan fingerprint density at radius 2 is 2.04 bits per heavy atom. The van der Waals surface area contributed by atoms with Gasteiger partial charge in [-0.1, -0.05) is 24.3 Å². The van der Waals surface area contributed by atoms with Crippen molar-refractivity contribution in [2.45, 2.75) is 32.1 Å². The molecule has 1 aliphatic rings. The van der Waals surface area contributed by atoms with Crippen molar-refractivity contribution in [2.24, 2.45) is 0 Å². The van der Waals surface area contributed by atoms with Crippen LogP contribution in [0.25, 0.3) is 5.69 Å². The third-order valence-corrected chi connectivity index (χ3v) is 5.14. The molecule has 1 aromatic heterocycles. The highest BCUT2D eigenvalue weighted by atomic mass is 32.1. The molecule has 27 heavy (non-hydrogen) atoms. The maximum Gasteiger partial charge on any atom is 0.203 e. The molecule has 0 N–H and O–H groups in total. The smallest absolute Gasteiger partial charge is 0.203 e. The van der Waals surface area contributed by atoms with Gasteiger partial charge >= 0.3 is 0 Å². The van der Waals surface area contributed by atoms with Crippen molar-refractivity contribution in [3.63, 3.8) is 0 Å².